The van der Waals surface area contributed by atoms with E-state index in [1.807, 2.05) is 18.2 Å². The van der Waals surface area contributed by atoms with Gasteiger partial charge in [-0.15, -0.1) is 6.58 Å². The van der Waals surface area contributed by atoms with E-state index in [0.29, 0.717) is 11.2 Å². The predicted molar refractivity (Wildman–Crippen MR) is 61.8 cm³/mol. The molecule has 0 aliphatic carbocycles. The first-order valence-corrected chi connectivity index (χ1v) is 5.09. The van der Waals surface area contributed by atoms with Crippen molar-refractivity contribution >= 4 is 17.3 Å². The summed E-state index contributed by atoms with van der Waals surface area (Å²) < 4.78 is 0. The Labute approximate surface area is 90.0 Å². The molecule has 1 heterocycles. The highest BCUT2D eigenvalue weighted by atomic mass is 35.5. The number of aromatic nitrogens is 1. The van der Waals surface area contributed by atoms with Crippen molar-refractivity contribution in [2.45, 2.75) is 25.8 Å². The second kappa shape index (κ2) is 5.66. The summed E-state index contributed by atoms with van der Waals surface area (Å²) in [5, 5.41) is 3.86. The maximum atomic E-state index is 5.77. The fraction of sp³-hybridized carbons (Fsp3) is 0.364. The highest BCUT2D eigenvalue weighted by Crippen LogP contribution is 2.14. The first kappa shape index (κ1) is 11.1. The Morgan fingerprint density at radius 2 is 2.50 bits per heavy atom. The summed E-state index contributed by atoms with van der Waals surface area (Å²) in [6.07, 6.45) is 5.72. The van der Waals surface area contributed by atoms with Crippen molar-refractivity contribution in [2.24, 2.45) is 0 Å². The van der Waals surface area contributed by atoms with E-state index in [2.05, 4.69) is 23.8 Å². The van der Waals surface area contributed by atoms with E-state index in [1.54, 1.807) is 6.20 Å². The third-order valence-electron chi connectivity index (χ3n) is 1.94. The molecule has 0 radical (unpaired) electrons. The minimum absolute atomic E-state index is 0.423. The smallest absolute Gasteiger partial charge is 0.131 e. The van der Waals surface area contributed by atoms with E-state index in [9.17, 15) is 0 Å². The predicted octanol–water partition coefficient (Wildman–Crippen LogP) is 3.50. The largest absolute Gasteiger partial charge is 0.382 e. The Bertz CT molecular complexity index is 299. The van der Waals surface area contributed by atoms with Crippen LogP contribution >= 0.6 is 11.6 Å². The van der Waals surface area contributed by atoms with Gasteiger partial charge in [-0.1, -0.05) is 17.7 Å². The molecule has 0 aromatic carbocycles. The number of halogens is 1. The summed E-state index contributed by atoms with van der Waals surface area (Å²) >= 11 is 5.77. The van der Waals surface area contributed by atoms with Gasteiger partial charge in [-0.3, -0.25) is 0 Å². The molecule has 0 fully saturated rings. The summed E-state index contributed by atoms with van der Waals surface area (Å²) in [5.74, 6) is 0. The van der Waals surface area contributed by atoms with Gasteiger partial charge in [-0.05, 0) is 31.9 Å². The van der Waals surface area contributed by atoms with Crippen molar-refractivity contribution in [3.63, 3.8) is 0 Å². The van der Waals surface area contributed by atoms with Crippen LogP contribution < -0.4 is 5.32 Å². The lowest BCUT2D eigenvalue weighted by atomic mass is 10.2. The number of hydrogen-bond acceptors (Lipinski definition) is 2. The number of nitrogens with one attached hydrogen (secondary N) is 1. The Morgan fingerprint density at radius 1 is 1.71 bits per heavy atom. The number of anilines is 1. The van der Waals surface area contributed by atoms with Crippen molar-refractivity contribution < 1.29 is 0 Å². The lowest BCUT2D eigenvalue weighted by Crippen LogP contribution is -2.14. The average Bonchev–Trinajstić information content (AvgIpc) is 2.15. The topological polar surface area (TPSA) is 24.9 Å². The molecule has 0 bridgehead atoms. The molecule has 0 saturated carbocycles. The monoisotopic (exact) mass is 210 g/mol. The van der Waals surface area contributed by atoms with Gasteiger partial charge in [0.15, 0.2) is 0 Å². The number of hydrogen-bond donors (Lipinski definition) is 1. The fourth-order valence-electron chi connectivity index (χ4n) is 1.22. The van der Waals surface area contributed by atoms with Gasteiger partial charge in [0.05, 0.1) is 0 Å². The molecule has 0 spiro atoms. The minimum atomic E-state index is 0.423. The first-order chi connectivity index (χ1) is 6.72. The molecule has 0 aliphatic rings. The van der Waals surface area contributed by atoms with Gasteiger partial charge in [-0.25, -0.2) is 4.98 Å². The molecule has 2 nitrogen and oxygen atoms in total. The summed E-state index contributed by atoms with van der Waals surface area (Å²) in [4.78, 5) is 3.92. The van der Waals surface area contributed by atoms with Crippen molar-refractivity contribution in [1.82, 2.24) is 4.98 Å². The summed E-state index contributed by atoms with van der Waals surface area (Å²) in [6.45, 7) is 5.83. The summed E-state index contributed by atoms with van der Waals surface area (Å²) in [6, 6.07) is 4.16. The molecule has 14 heavy (non-hydrogen) atoms. The van der Waals surface area contributed by atoms with E-state index in [0.717, 1.165) is 18.5 Å². The highest BCUT2D eigenvalue weighted by Gasteiger charge is 2.00. The molecule has 1 aromatic rings. The second-order valence-electron chi connectivity index (χ2n) is 3.28. The van der Waals surface area contributed by atoms with Crippen LogP contribution in [0.15, 0.2) is 31.0 Å². The second-order valence-corrected chi connectivity index (χ2v) is 3.67. The maximum Gasteiger partial charge on any atom is 0.131 e. The molecule has 0 aliphatic heterocycles. The van der Waals surface area contributed by atoms with E-state index in [-0.39, 0.29) is 0 Å². The van der Waals surface area contributed by atoms with Gasteiger partial charge in [0.25, 0.3) is 0 Å². The van der Waals surface area contributed by atoms with Crippen molar-refractivity contribution in [2.75, 3.05) is 5.32 Å². The van der Waals surface area contributed by atoms with Gasteiger partial charge in [0.2, 0.25) is 0 Å². The molecule has 3 heteroatoms. The lowest BCUT2D eigenvalue weighted by molar-refractivity contribution is 0.719. The minimum Gasteiger partial charge on any atom is -0.382 e. The van der Waals surface area contributed by atoms with Crippen molar-refractivity contribution in [1.29, 1.82) is 0 Å². The Balaban J connectivity index is 2.47. The van der Waals surface area contributed by atoms with Gasteiger partial charge in [-0.2, -0.15) is 0 Å². The molecule has 1 N–H and O–H groups in total. The molecule has 1 unspecified atom stereocenters. The van der Waals surface area contributed by atoms with E-state index >= 15 is 0 Å². The summed E-state index contributed by atoms with van der Waals surface area (Å²) in [5.41, 5.74) is 1.02. The van der Waals surface area contributed by atoms with Crippen LogP contribution in [-0.4, -0.2) is 11.0 Å². The van der Waals surface area contributed by atoms with E-state index in [1.165, 1.54) is 0 Å². The molecular weight excluding hydrogens is 196 g/mol. The Hall–Kier alpha value is -1.02. The molecule has 76 valence electrons. The van der Waals surface area contributed by atoms with Crippen LogP contribution in [0.25, 0.3) is 0 Å². The number of rotatable bonds is 5. The molecule has 0 saturated heterocycles. The number of pyridine rings is 1. The van der Waals surface area contributed by atoms with Gasteiger partial charge in [0, 0.05) is 17.9 Å². The normalized spacial score (nSPS) is 12.1. The third-order valence-corrected chi connectivity index (χ3v) is 2.15. The molecule has 1 atom stereocenters. The van der Waals surface area contributed by atoms with E-state index < -0.39 is 0 Å². The van der Waals surface area contributed by atoms with Crippen LogP contribution in [0.2, 0.25) is 5.15 Å². The Kier molecular flexibility index (Phi) is 4.47. The fourth-order valence-corrected chi connectivity index (χ4v) is 1.39. The van der Waals surface area contributed by atoms with Gasteiger partial charge < -0.3 is 5.32 Å². The van der Waals surface area contributed by atoms with Gasteiger partial charge >= 0.3 is 0 Å². The van der Waals surface area contributed by atoms with Crippen LogP contribution in [0.1, 0.15) is 19.8 Å². The standard InChI is InChI=1S/C11H15ClN2/c1-3-4-5-9(2)14-10-6-7-13-11(12)8-10/h3,6-9H,1,4-5H2,2H3,(H,13,14). The number of nitrogens with zero attached hydrogens (tertiary/aromatic N) is 1. The molecule has 0 amide bonds. The average molecular weight is 211 g/mol. The van der Waals surface area contributed by atoms with Gasteiger partial charge in [0.1, 0.15) is 5.15 Å². The van der Waals surface area contributed by atoms with Crippen molar-refractivity contribution in [3.8, 4) is 0 Å². The van der Waals surface area contributed by atoms with E-state index in [4.69, 9.17) is 11.6 Å². The first-order valence-electron chi connectivity index (χ1n) is 4.71. The SMILES string of the molecule is C=CCCC(C)Nc1ccnc(Cl)c1. The van der Waals surface area contributed by atoms with Crippen LogP contribution in [0, 0.1) is 0 Å². The number of allylic oxidation sites excluding steroid dienone is 1. The van der Waals surface area contributed by atoms with Crippen LogP contribution in [0.4, 0.5) is 5.69 Å². The Morgan fingerprint density at radius 3 is 3.14 bits per heavy atom. The zero-order valence-corrected chi connectivity index (χ0v) is 9.09. The maximum absolute atomic E-state index is 5.77. The van der Waals surface area contributed by atoms with Crippen LogP contribution in [-0.2, 0) is 0 Å². The van der Waals surface area contributed by atoms with Crippen LogP contribution in [0.5, 0.6) is 0 Å². The van der Waals surface area contributed by atoms with Crippen LogP contribution in [0.3, 0.4) is 0 Å². The quantitative estimate of drug-likeness (QED) is 0.595. The molecule has 1 rings (SSSR count). The third kappa shape index (κ3) is 3.79. The summed E-state index contributed by atoms with van der Waals surface area (Å²) in [7, 11) is 0. The zero-order valence-electron chi connectivity index (χ0n) is 8.33. The van der Waals surface area contributed by atoms with Crippen molar-refractivity contribution in [3.05, 3.63) is 36.1 Å². The highest BCUT2D eigenvalue weighted by molar-refractivity contribution is 6.29. The molecular formula is C11H15ClN2. The zero-order chi connectivity index (χ0) is 10.4. The lowest BCUT2D eigenvalue weighted by Gasteiger charge is -2.13. The molecule has 1 aromatic heterocycles.